The van der Waals surface area contributed by atoms with Crippen LogP contribution >= 0.6 is 0 Å². The van der Waals surface area contributed by atoms with Crippen molar-refractivity contribution in [2.75, 3.05) is 0 Å². The van der Waals surface area contributed by atoms with Crippen molar-refractivity contribution >= 4 is 0 Å². The summed E-state index contributed by atoms with van der Waals surface area (Å²) in [5.74, 6) is 0. The van der Waals surface area contributed by atoms with E-state index in [1.165, 1.54) is 17.5 Å². The molecular weight excluding hydrogens is 202 g/mol. The molecule has 2 N–H and O–H groups in total. The van der Waals surface area contributed by atoms with E-state index in [1.54, 1.807) is 6.26 Å². The Labute approximate surface area is 93.7 Å². The molecule has 0 fully saturated rings. The van der Waals surface area contributed by atoms with Crippen molar-refractivity contribution in [3.05, 3.63) is 53.7 Å². The second kappa shape index (κ2) is 4.08. The van der Waals surface area contributed by atoms with E-state index in [4.69, 9.17) is 4.42 Å². The van der Waals surface area contributed by atoms with Crippen LogP contribution in [0, 0.1) is 0 Å². The molecule has 3 rings (SSSR count). The number of hydrogen-bond acceptors (Lipinski definition) is 4. The minimum absolute atomic E-state index is 0.216. The lowest BCUT2D eigenvalue weighted by atomic mass is 10.1. The van der Waals surface area contributed by atoms with Gasteiger partial charge in [0.05, 0.1) is 11.9 Å². The maximum atomic E-state index is 4.93. The Morgan fingerprint density at radius 3 is 3.25 bits per heavy atom. The molecule has 2 aromatic rings. The molecule has 0 saturated carbocycles. The fraction of sp³-hybridized carbons (Fsp3) is 0.250. The Kier molecular flexibility index (Phi) is 2.44. The molecule has 1 unspecified atom stereocenters. The number of nitrogens with zero attached hydrogens (tertiary/aromatic N) is 1. The quantitative estimate of drug-likeness (QED) is 0.816. The summed E-state index contributed by atoms with van der Waals surface area (Å²) in [5, 5.41) is 6.82. The highest BCUT2D eigenvalue weighted by Crippen LogP contribution is 2.22. The van der Waals surface area contributed by atoms with Gasteiger partial charge < -0.3 is 4.42 Å². The SMILES string of the molecule is c1ccc2c(c1)CNC2NCc1cocn1. The molecule has 2 heterocycles. The lowest BCUT2D eigenvalue weighted by molar-refractivity contribution is 0.466. The smallest absolute Gasteiger partial charge is 0.180 e. The first-order valence-electron chi connectivity index (χ1n) is 5.35. The third-order valence-corrected chi connectivity index (χ3v) is 2.83. The van der Waals surface area contributed by atoms with Crippen LogP contribution in [-0.4, -0.2) is 4.98 Å². The van der Waals surface area contributed by atoms with Gasteiger partial charge >= 0.3 is 0 Å². The van der Waals surface area contributed by atoms with Gasteiger partial charge in [-0.15, -0.1) is 0 Å². The van der Waals surface area contributed by atoms with Gasteiger partial charge in [-0.3, -0.25) is 10.6 Å². The first-order chi connectivity index (χ1) is 7.93. The van der Waals surface area contributed by atoms with Gasteiger partial charge in [-0.1, -0.05) is 24.3 Å². The van der Waals surface area contributed by atoms with Crippen molar-refractivity contribution in [1.82, 2.24) is 15.6 Å². The molecule has 0 amide bonds. The summed E-state index contributed by atoms with van der Waals surface area (Å²) < 4.78 is 4.93. The van der Waals surface area contributed by atoms with Crippen molar-refractivity contribution in [1.29, 1.82) is 0 Å². The highest BCUT2D eigenvalue weighted by Gasteiger charge is 2.20. The molecule has 1 aromatic carbocycles. The fourth-order valence-electron chi connectivity index (χ4n) is 2.01. The largest absolute Gasteiger partial charge is 0.451 e. The average molecular weight is 215 g/mol. The van der Waals surface area contributed by atoms with Crippen LogP contribution in [0.1, 0.15) is 23.0 Å². The van der Waals surface area contributed by atoms with Crippen molar-refractivity contribution < 1.29 is 4.42 Å². The van der Waals surface area contributed by atoms with Crippen molar-refractivity contribution in [3.8, 4) is 0 Å². The number of fused-ring (bicyclic) bond motifs is 1. The van der Waals surface area contributed by atoms with E-state index < -0.39 is 0 Å². The summed E-state index contributed by atoms with van der Waals surface area (Å²) >= 11 is 0. The molecule has 1 aromatic heterocycles. The van der Waals surface area contributed by atoms with Gasteiger partial charge in [0.15, 0.2) is 6.39 Å². The molecule has 1 aliphatic heterocycles. The summed E-state index contributed by atoms with van der Waals surface area (Å²) in [6.07, 6.45) is 3.33. The van der Waals surface area contributed by atoms with Crippen molar-refractivity contribution in [2.45, 2.75) is 19.3 Å². The highest BCUT2D eigenvalue weighted by molar-refractivity contribution is 5.33. The molecular formula is C12H13N3O. The Hall–Kier alpha value is -1.65. The molecule has 0 bridgehead atoms. The van der Waals surface area contributed by atoms with Crippen LogP contribution in [0.2, 0.25) is 0 Å². The molecule has 4 heteroatoms. The van der Waals surface area contributed by atoms with E-state index in [-0.39, 0.29) is 6.17 Å². The molecule has 1 aliphatic rings. The maximum absolute atomic E-state index is 4.93. The second-order valence-electron chi connectivity index (χ2n) is 3.87. The Balaban J connectivity index is 1.69. The maximum Gasteiger partial charge on any atom is 0.180 e. The van der Waals surface area contributed by atoms with E-state index in [2.05, 4.69) is 39.9 Å². The molecule has 0 spiro atoms. The first-order valence-corrected chi connectivity index (χ1v) is 5.35. The standard InChI is InChI=1S/C12H13N3O/c1-2-4-11-9(3-1)5-13-12(11)14-6-10-7-16-8-15-10/h1-4,7-8,12-14H,5-6H2. The van der Waals surface area contributed by atoms with Gasteiger partial charge in [0.25, 0.3) is 0 Å². The normalized spacial score (nSPS) is 18.6. The van der Waals surface area contributed by atoms with Crippen LogP contribution in [-0.2, 0) is 13.1 Å². The average Bonchev–Trinajstić information content (AvgIpc) is 2.96. The van der Waals surface area contributed by atoms with Crippen LogP contribution in [0.25, 0.3) is 0 Å². The van der Waals surface area contributed by atoms with Crippen LogP contribution in [0.5, 0.6) is 0 Å². The third-order valence-electron chi connectivity index (χ3n) is 2.83. The van der Waals surface area contributed by atoms with Crippen LogP contribution in [0.4, 0.5) is 0 Å². The predicted octanol–water partition coefficient (Wildman–Crippen LogP) is 1.57. The van der Waals surface area contributed by atoms with Gasteiger partial charge in [0, 0.05) is 13.1 Å². The molecule has 0 saturated heterocycles. The number of aromatic nitrogens is 1. The molecule has 16 heavy (non-hydrogen) atoms. The van der Waals surface area contributed by atoms with E-state index >= 15 is 0 Å². The van der Waals surface area contributed by atoms with Crippen LogP contribution in [0.3, 0.4) is 0 Å². The van der Waals surface area contributed by atoms with E-state index in [0.717, 1.165) is 12.2 Å². The van der Waals surface area contributed by atoms with Crippen molar-refractivity contribution in [2.24, 2.45) is 0 Å². The highest BCUT2D eigenvalue weighted by atomic mass is 16.3. The van der Waals surface area contributed by atoms with Crippen LogP contribution in [0.15, 0.2) is 41.3 Å². The molecule has 1 atom stereocenters. The van der Waals surface area contributed by atoms with Gasteiger partial charge in [0.2, 0.25) is 0 Å². The fourth-order valence-corrected chi connectivity index (χ4v) is 2.01. The summed E-state index contributed by atoms with van der Waals surface area (Å²) in [7, 11) is 0. The summed E-state index contributed by atoms with van der Waals surface area (Å²) in [6.45, 7) is 1.63. The minimum Gasteiger partial charge on any atom is -0.451 e. The van der Waals surface area contributed by atoms with E-state index in [0.29, 0.717) is 6.54 Å². The lowest BCUT2D eigenvalue weighted by Crippen LogP contribution is -2.28. The van der Waals surface area contributed by atoms with E-state index in [9.17, 15) is 0 Å². The Morgan fingerprint density at radius 2 is 2.38 bits per heavy atom. The molecule has 0 aliphatic carbocycles. The Morgan fingerprint density at radius 1 is 1.44 bits per heavy atom. The molecule has 4 nitrogen and oxygen atoms in total. The second-order valence-corrected chi connectivity index (χ2v) is 3.87. The Bertz CT molecular complexity index is 467. The van der Waals surface area contributed by atoms with Gasteiger partial charge in [0.1, 0.15) is 6.26 Å². The zero-order chi connectivity index (χ0) is 10.8. The first kappa shape index (κ1) is 9.57. The number of hydrogen-bond donors (Lipinski definition) is 2. The number of nitrogens with one attached hydrogen (secondary N) is 2. The zero-order valence-corrected chi connectivity index (χ0v) is 8.81. The number of oxazole rings is 1. The zero-order valence-electron chi connectivity index (χ0n) is 8.81. The van der Waals surface area contributed by atoms with Gasteiger partial charge in [-0.2, -0.15) is 0 Å². The molecule has 0 radical (unpaired) electrons. The monoisotopic (exact) mass is 215 g/mol. The number of benzene rings is 1. The van der Waals surface area contributed by atoms with Gasteiger partial charge in [-0.25, -0.2) is 4.98 Å². The third kappa shape index (κ3) is 1.73. The summed E-state index contributed by atoms with van der Waals surface area (Å²) in [4.78, 5) is 4.08. The van der Waals surface area contributed by atoms with E-state index in [1.807, 2.05) is 0 Å². The summed E-state index contributed by atoms with van der Waals surface area (Å²) in [6, 6.07) is 8.44. The van der Waals surface area contributed by atoms with Crippen LogP contribution < -0.4 is 10.6 Å². The predicted molar refractivity (Wildman–Crippen MR) is 59.4 cm³/mol. The molecule has 82 valence electrons. The number of rotatable bonds is 3. The van der Waals surface area contributed by atoms with Crippen molar-refractivity contribution in [3.63, 3.8) is 0 Å². The minimum atomic E-state index is 0.216. The van der Waals surface area contributed by atoms with Gasteiger partial charge in [-0.05, 0) is 11.1 Å². The summed E-state index contributed by atoms with van der Waals surface area (Å²) in [5.41, 5.74) is 3.61. The topological polar surface area (TPSA) is 50.1 Å². The lowest BCUT2D eigenvalue weighted by Gasteiger charge is -2.12.